The number of aryl methyl sites for hydroxylation is 1. The summed E-state index contributed by atoms with van der Waals surface area (Å²) in [6, 6.07) is 3.74. The molecule has 1 aromatic heterocycles. The van der Waals surface area contributed by atoms with Crippen LogP contribution in [0.5, 0.6) is 0 Å². The number of carbonyl (C=O) groups excluding carboxylic acids is 1. The van der Waals surface area contributed by atoms with E-state index in [2.05, 4.69) is 5.32 Å². The highest BCUT2D eigenvalue weighted by Crippen LogP contribution is 2.03. The number of nitrogens with two attached hydrogens (primary N) is 1. The lowest BCUT2D eigenvalue weighted by molar-refractivity contribution is -0.121. The molecule has 3 N–H and O–H groups in total. The van der Waals surface area contributed by atoms with Gasteiger partial charge in [0.2, 0.25) is 5.91 Å². The molecule has 0 saturated heterocycles. The molecule has 84 valence electrons. The van der Waals surface area contributed by atoms with Crippen LogP contribution in [0.25, 0.3) is 0 Å². The third kappa shape index (κ3) is 4.65. The molecule has 0 fully saturated rings. The fraction of sp³-hybridized carbons (Fsp3) is 0.545. The number of nitrogens with one attached hydrogen (secondary N) is 1. The van der Waals surface area contributed by atoms with Crippen LogP contribution in [0.4, 0.5) is 0 Å². The van der Waals surface area contributed by atoms with Gasteiger partial charge in [-0.05, 0) is 18.6 Å². The van der Waals surface area contributed by atoms with Gasteiger partial charge in [0, 0.05) is 25.4 Å². The third-order valence-corrected chi connectivity index (χ3v) is 2.26. The molecule has 1 rings (SSSR count). The fourth-order valence-corrected chi connectivity index (χ4v) is 1.17. The molecule has 1 heterocycles. The van der Waals surface area contributed by atoms with Gasteiger partial charge in [-0.25, -0.2) is 0 Å². The van der Waals surface area contributed by atoms with Crippen molar-refractivity contribution >= 4 is 5.91 Å². The molecular formula is C11H18N2O2. The number of hydrogen-bond acceptors (Lipinski definition) is 3. The first kappa shape index (κ1) is 11.8. The summed E-state index contributed by atoms with van der Waals surface area (Å²) in [7, 11) is 0. The lowest BCUT2D eigenvalue weighted by Crippen LogP contribution is -2.36. The number of rotatable bonds is 6. The minimum absolute atomic E-state index is 0.0234. The summed E-state index contributed by atoms with van der Waals surface area (Å²) in [5, 5.41) is 2.79. The Kier molecular flexibility index (Phi) is 4.90. The van der Waals surface area contributed by atoms with Crippen LogP contribution in [-0.4, -0.2) is 18.5 Å². The number of furan rings is 1. The lowest BCUT2D eigenvalue weighted by atomic mass is 10.2. The smallest absolute Gasteiger partial charge is 0.220 e. The van der Waals surface area contributed by atoms with Crippen molar-refractivity contribution in [2.45, 2.75) is 32.2 Å². The van der Waals surface area contributed by atoms with Gasteiger partial charge in [-0.3, -0.25) is 4.79 Å². The maximum Gasteiger partial charge on any atom is 0.220 e. The predicted molar refractivity (Wildman–Crippen MR) is 58.3 cm³/mol. The van der Waals surface area contributed by atoms with Crippen molar-refractivity contribution in [1.82, 2.24) is 5.32 Å². The molecule has 1 atom stereocenters. The van der Waals surface area contributed by atoms with Crippen LogP contribution in [-0.2, 0) is 11.2 Å². The van der Waals surface area contributed by atoms with Crippen molar-refractivity contribution in [1.29, 1.82) is 0 Å². The van der Waals surface area contributed by atoms with Crippen LogP contribution in [0.1, 0.15) is 25.5 Å². The van der Waals surface area contributed by atoms with E-state index in [1.54, 1.807) is 6.26 Å². The van der Waals surface area contributed by atoms with E-state index in [-0.39, 0.29) is 11.9 Å². The second-order valence-corrected chi connectivity index (χ2v) is 3.55. The monoisotopic (exact) mass is 210 g/mol. The molecular weight excluding hydrogens is 192 g/mol. The number of carbonyl (C=O) groups is 1. The van der Waals surface area contributed by atoms with Crippen molar-refractivity contribution in [3.8, 4) is 0 Å². The van der Waals surface area contributed by atoms with Gasteiger partial charge in [0.25, 0.3) is 0 Å². The maximum absolute atomic E-state index is 11.4. The molecule has 0 radical (unpaired) electrons. The highest BCUT2D eigenvalue weighted by Gasteiger charge is 2.05. The largest absolute Gasteiger partial charge is 0.469 e. The third-order valence-electron chi connectivity index (χ3n) is 2.26. The molecule has 1 aromatic rings. The Labute approximate surface area is 89.8 Å². The minimum Gasteiger partial charge on any atom is -0.469 e. The van der Waals surface area contributed by atoms with Crippen molar-refractivity contribution in [2.75, 3.05) is 6.54 Å². The zero-order valence-electron chi connectivity index (χ0n) is 9.03. The normalized spacial score (nSPS) is 12.4. The highest BCUT2D eigenvalue weighted by molar-refractivity contribution is 5.76. The molecule has 0 aromatic carbocycles. The van der Waals surface area contributed by atoms with E-state index in [0.29, 0.717) is 19.4 Å². The SMILES string of the molecule is CCC(N)CNC(=O)CCc1ccco1. The standard InChI is InChI=1S/C11H18N2O2/c1-2-9(12)8-13-11(14)6-5-10-4-3-7-15-10/h3-4,7,9H,2,5-6,8,12H2,1H3,(H,13,14). The molecule has 4 heteroatoms. The van der Waals surface area contributed by atoms with Gasteiger partial charge in [-0.2, -0.15) is 0 Å². The quantitative estimate of drug-likeness (QED) is 0.737. The first-order valence-electron chi connectivity index (χ1n) is 5.27. The Balaban J connectivity index is 2.14. The summed E-state index contributed by atoms with van der Waals surface area (Å²) in [4.78, 5) is 11.4. The summed E-state index contributed by atoms with van der Waals surface area (Å²) < 4.78 is 5.13. The van der Waals surface area contributed by atoms with Gasteiger partial charge in [0.1, 0.15) is 5.76 Å². The molecule has 0 bridgehead atoms. The highest BCUT2D eigenvalue weighted by atomic mass is 16.3. The van der Waals surface area contributed by atoms with Crippen LogP contribution in [0, 0.1) is 0 Å². The van der Waals surface area contributed by atoms with Crippen LogP contribution >= 0.6 is 0 Å². The van der Waals surface area contributed by atoms with E-state index in [0.717, 1.165) is 12.2 Å². The maximum atomic E-state index is 11.4. The number of amides is 1. The van der Waals surface area contributed by atoms with Gasteiger partial charge in [0.05, 0.1) is 6.26 Å². The summed E-state index contributed by atoms with van der Waals surface area (Å²) in [5.41, 5.74) is 5.68. The lowest BCUT2D eigenvalue weighted by Gasteiger charge is -2.09. The van der Waals surface area contributed by atoms with Crippen LogP contribution in [0.15, 0.2) is 22.8 Å². The molecule has 0 aliphatic heterocycles. The molecule has 1 unspecified atom stereocenters. The zero-order valence-corrected chi connectivity index (χ0v) is 9.03. The van der Waals surface area contributed by atoms with Crippen LogP contribution < -0.4 is 11.1 Å². The summed E-state index contributed by atoms with van der Waals surface area (Å²) in [6.45, 7) is 2.55. The van der Waals surface area contributed by atoms with E-state index in [4.69, 9.17) is 10.2 Å². The Morgan fingerprint density at radius 3 is 3.07 bits per heavy atom. The first-order chi connectivity index (χ1) is 7.22. The molecule has 15 heavy (non-hydrogen) atoms. The van der Waals surface area contributed by atoms with Crippen molar-refractivity contribution < 1.29 is 9.21 Å². The van der Waals surface area contributed by atoms with E-state index < -0.39 is 0 Å². The Morgan fingerprint density at radius 1 is 1.67 bits per heavy atom. The molecule has 0 saturated carbocycles. The predicted octanol–water partition coefficient (Wildman–Crippen LogP) is 1.07. The average molecular weight is 210 g/mol. The van der Waals surface area contributed by atoms with Gasteiger partial charge >= 0.3 is 0 Å². The van der Waals surface area contributed by atoms with Gasteiger partial charge in [-0.15, -0.1) is 0 Å². The van der Waals surface area contributed by atoms with Gasteiger partial charge < -0.3 is 15.5 Å². The zero-order chi connectivity index (χ0) is 11.1. The molecule has 0 spiro atoms. The van der Waals surface area contributed by atoms with Crippen molar-refractivity contribution in [3.05, 3.63) is 24.2 Å². The Bertz CT molecular complexity index is 283. The van der Waals surface area contributed by atoms with Crippen LogP contribution in [0.2, 0.25) is 0 Å². The van der Waals surface area contributed by atoms with Gasteiger partial charge in [0.15, 0.2) is 0 Å². The van der Waals surface area contributed by atoms with Crippen molar-refractivity contribution in [3.63, 3.8) is 0 Å². The summed E-state index contributed by atoms with van der Waals surface area (Å²) in [5.74, 6) is 0.861. The fourth-order valence-electron chi connectivity index (χ4n) is 1.17. The topological polar surface area (TPSA) is 68.3 Å². The second-order valence-electron chi connectivity index (χ2n) is 3.55. The second kappa shape index (κ2) is 6.24. The molecule has 0 aliphatic carbocycles. The van der Waals surface area contributed by atoms with E-state index >= 15 is 0 Å². The average Bonchev–Trinajstić information content (AvgIpc) is 2.75. The Morgan fingerprint density at radius 2 is 2.47 bits per heavy atom. The molecule has 4 nitrogen and oxygen atoms in total. The van der Waals surface area contributed by atoms with E-state index in [1.807, 2.05) is 19.1 Å². The van der Waals surface area contributed by atoms with E-state index in [9.17, 15) is 4.79 Å². The summed E-state index contributed by atoms with van der Waals surface area (Å²) in [6.07, 6.45) is 3.57. The first-order valence-corrected chi connectivity index (χ1v) is 5.27. The van der Waals surface area contributed by atoms with Gasteiger partial charge in [-0.1, -0.05) is 6.92 Å². The number of hydrogen-bond donors (Lipinski definition) is 2. The van der Waals surface area contributed by atoms with Crippen LogP contribution in [0.3, 0.4) is 0 Å². The minimum atomic E-state index is 0.0234. The summed E-state index contributed by atoms with van der Waals surface area (Å²) >= 11 is 0. The van der Waals surface area contributed by atoms with E-state index in [1.165, 1.54) is 0 Å². The molecule has 1 amide bonds. The van der Waals surface area contributed by atoms with Crippen molar-refractivity contribution in [2.24, 2.45) is 5.73 Å². The molecule has 0 aliphatic rings. The Hall–Kier alpha value is -1.29.